The number of hydrogen-bond acceptors (Lipinski definition) is 5. The van der Waals surface area contributed by atoms with E-state index >= 15 is 0 Å². The maximum Gasteiger partial charge on any atom is 0.334 e. The Labute approximate surface area is 194 Å². The Morgan fingerprint density at radius 3 is 2.52 bits per heavy atom. The van der Waals surface area contributed by atoms with Crippen LogP contribution in [0.25, 0.3) is 0 Å². The summed E-state index contributed by atoms with van der Waals surface area (Å²) in [6.45, 7) is 5.04. The minimum Gasteiger partial charge on any atom is -0.481 e. The lowest BCUT2D eigenvalue weighted by Gasteiger charge is -2.54. The summed E-state index contributed by atoms with van der Waals surface area (Å²) in [5.74, 6) is -1.20. The van der Waals surface area contributed by atoms with Gasteiger partial charge in [-0.3, -0.25) is 14.4 Å². The second-order valence-electron chi connectivity index (χ2n) is 9.00. The summed E-state index contributed by atoms with van der Waals surface area (Å²) in [6, 6.07) is 8.21. The van der Waals surface area contributed by atoms with Crippen LogP contribution in [0.2, 0.25) is 0 Å². The van der Waals surface area contributed by atoms with Crippen LogP contribution in [0, 0.1) is 5.92 Å². The van der Waals surface area contributed by atoms with E-state index in [-0.39, 0.29) is 43.8 Å². The van der Waals surface area contributed by atoms with Crippen molar-refractivity contribution in [3.8, 4) is 0 Å². The number of carboxylic acids is 1. The molecule has 33 heavy (non-hydrogen) atoms. The molecule has 2 N–H and O–H groups in total. The van der Waals surface area contributed by atoms with Crippen LogP contribution in [0.1, 0.15) is 38.7 Å². The Kier molecular flexibility index (Phi) is 7.91. The van der Waals surface area contributed by atoms with E-state index in [1.54, 1.807) is 17.0 Å². The minimum atomic E-state index is -1.03. The van der Waals surface area contributed by atoms with E-state index in [9.17, 15) is 24.3 Å². The second-order valence-corrected chi connectivity index (χ2v) is 9.00. The number of carbonyl (C=O) groups is 4. The number of carbonyl (C=O) groups excluding carboxylic acids is 3. The summed E-state index contributed by atoms with van der Waals surface area (Å²) >= 11 is 0. The summed E-state index contributed by atoms with van der Waals surface area (Å²) in [5.41, 5.74) is 0.940. The van der Waals surface area contributed by atoms with Crippen molar-refractivity contribution in [2.45, 2.75) is 51.9 Å². The normalized spacial score (nSPS) is 21.4. The summed E-state index contributed by atoms with van der Waals surface area (Å²) in [7, 11) is 1.67. The number of amides is 4. The quantitative estimate of drug-likeness (QED) is 0.607. The molecule has 10 heteroatoms. The molecule has 2 saturated heterocycles. The van der Waals surface area contributed by atoms with Crippen LogP contribution in [0.4, 0.5) is 4.79 Å². The lowest BCUT2D eigenvalue weighted by Crippen LogP contribution is -2.76. The van der Waals surface area contributed by atoms with Crippen molar-refractivity contribution < 1.29 is 24.3 Å². The van der Waals surface area contributed by atoms with Gasteiger partial charge in [0.25, 0.3) is 0 Å². The van der Waals surface area contributed by atoms with E-state index in [0.717, 1.165) is 12.0 Å². The third-order valence-electron chi connectivity index (χ3n) is 6.04. The Balaban J connectivity index is 1.85. The first kappa shape index (κ1) is 24.5. The third kappa shape index (κ3) is 5.81. The molecule has 1 aromatic rings. The number of carboxylic acid groups (broad SMARTS) is 1. The number of likely N-dealkylation sites (N-methyl/N-ethyl adjacent to an activating group) is 1. The zero-order chi connectivity index (χ0) is 24.1. The monoisotopic (exact) mass is 459 g/mol. The van der Waals surface area contributed by atoms with Crippen LogP contribution < -0.4 is 5.32 Å². The van der Waals surface area contributed by atoms with Crippen LogP contribution in [-0.2, 0) is 20.9 Å². The Hall–Kier alpha value is -3.14. The van der Waals surface area contributed by atoms with Gasteiger partial charge >= 0.3 is 12.0 Å². The number of hydrogen-bond donors (Lipinski definition) is 2. The highest BCUT2D eigenvalue weighted by Gasteiger charge is 2.50. The highest BCUT2D eigenvalue weighted by Crippen LogP contribution is 2.28. The fraction of sp³-hybridized carbons (Fsp3) is 0.565. The number of nitrogens with zero attached hydrogens (tertiary/aromatic N) is 4. The van der Waals surface area contributed by atoms with E-state index < -0.39 is 18.2 Å². The first-order valence-electron chi connectivity index (χ1n) is 11.3. The molecule has 0 bridgehead atoms. The highest BCUT2D eigenvalue weighted by atomic mass is 16.4. The van der Waals surface area contributed by atoms with Gasteiger partial charge in [-0.1, -0.05) is 44.2 Å². The predicted molar refractivity (Wildman–Crippen MR) is 120 cm³/mol. The Morgan fingerprint density at radius 2 is 1.88 bits per heavy atom. The van der Waals surface area contributed by atoms with Gasteiger partial charge in [0.05, 0.1) is 13.1 Å². The summed E-state index contributed by atoms with van der Waals surface area (Å²) < 4.78 is 0. The highest BCUT2D eigenvalue weighted by molar-refractivity contribution is 5.91. The fourth-order valence-electron chi connectivity index (χ4n) is 4.31. The SMILES string of the molecule is CC(C)CCN1C[C@H]2N(C(=O)CN(C)N2C(=O)NCc2ccccc2)C(CCC(=O)O)C1=O. The minimum absolute atomic E-state index is 0.0117. The average molecular weight is 460 g/mol. The first-order chi connectivity index (χ1) is 15.7. The average Bonchev–Trinajstić information content (AvgIpc) is 2.76. The zero-order valence-electron chi connectivity index (χ0n) is 19.4. The number of nitrogens with one attached hydrogen (secondary N) is 1. The van der Waals surface area contributed by atoms with Gasteiger partial charge in [0.2, 0.25) is 11.8 Å². The molecule has 2 atom stereocenters. The summed E-state index contributed by atoms with van der Waals surface area (Å²) in [6.07, 6.45) is -0.150. The van der Waals surface area contributed by atoms with Crippen LogP contribution in [0.5, 0.6) is 0 Å². The molecule has 0 aromatic heterocycles. The maximum absolute atomic E-state index is 13.2. The van der Waals surface area contributed by atoms with Crippen molar-refractivity contribution in [3.05, 3.63) is 35.9 Å². The summed E-state index contributed by atoms with van der Waals surface area (Å²) in [4.78, 5) is 53.7. The lowest BCUT2D eigenvalue weighted by molar-refractivity contribution is -0.187. The molecule has 2 aliphatic heterocycles. The van der Waals surface area contributed by atoms with Gasteiger partial charge < -0.3 is 20.2 Å². The van der Waals surface area contributed by atoms with Crippen molar-refractivity contribution in [1.82, 2.24) is 25.1 Å². The van der Waals surface area contributed by atoms with Gasteiger partial charge in [0.15, 0.2) is 0 Å². The standard InChI is InChI=1S/C23H33N5O5/c1-16(2)11-12-26-14-19-27(18(22(26)32)9-10-21(30)31)20(29)15-25(3)28(19)23(33)24-13-17-7-5-4-6-8-17/h4-8,16,18-19H,9-15H2,1-3H3,(H,24,33)(H,30,31)/t18?,19-/m0/s1. The molecule has 10 nitrogen and oxygen atoms in total. The molecular weight excluding hydrogens is 426 g/mol. The molecule has 0 spiro atoms. The molecule has 0 radical (unpaired) electrons. The van der Waals surface area contributed by atoms with E-state index in [1.807, 2.05) is 30.3 Å². The van der Waals surface area contributed by atoms with E-state index in [4.69, 9.17) is 0 Å². The summed E-state index contributed by atoms with van der Waals surface area (Å²) in [5, 5.41) is 15.1. The van der Waals surface area contributed by atoms with Crippen molar-refractivity contribution in [2.75, 3.05) is 26.7 Å². The van der Waals surface area contributed by atoms with Crippen molar-refractivity contribution in [3.63, 3.8) is 0 Å². The van der Waals surface area contributed by atoms with Gasteiger partial charge in [-0.15, -0.1) is 0 Å². The predicted octanol–water partition coefficient (Wildman–Crippen LogP) is 1.34. The van der Waals surface area contributed by atoms with Crippen molar-refractivity contribution in [1.29, 1.82) is 0 Å². The Morgan fingerprint density at radius 1 is 1.18 bits per heavy atom. The maximum atomic E-state index is 13.2. The van der Waals surface area contributed by atoms with Gasteiger partial charge in [-0.2, -0.15) is 0 Å². The van der Waals surface area contributed by atoms with Gasteiger partial charge in [0, 0.05) is 26.6 Å². The Bertz CT molecular complexity index is 877. The van der Waals surface area contributed by atoms with Crippen molar-refractivity contribution in [2.24, 2.45) is 5.92 Å². The second kappa shape index (κ2) is 10.7. The van der Waals surface area contributed by atoms with Gasteiger partial charge in [-0.25, -0.2) is 14.8 Å². The molecule has 2 aliphatic rings. The number of aliphatic carboxylic acids is 1. The van der Waals surface area contributed by atoms with E-state index in [1.165, 1.54) is 9.91 Å². The topological polar surface area (TPSA) is 114 Å². The third-order valence-corrected chi connectivity index (χ3v) is 6.04. The van der Waals surface area contributed by atoms with Crippen LogP contribution >= 0.6 is 0 Å². The van der Waals surface area contributed by atoms with Crippen LogP contribution in [0.15, 0.2) is 30.3 Å². The molecule has 1 aromatic carbocycles. The number of piperazine rings is 1. The molecule has 4 amide bonds. The fourth-order valence-corrected chi connectivity index (χ4v) is 4.31. The van der Waals surface area contributed by atoms with E-state index in [2.05, 4.69) is 19.2 Å². The molecule has 2 heterocycles. The van der Waals surface area contributed by atoms with Gasteiger partial charge in [0.1, 0.15) is 12.2 Å². The molecule has 0 aliphatic carbocycles. The first-order valence-corrected chi connectivity index (χ1v) is 11.3. The van der Waals surface area contributed by atoms with Gasteiger partial charge in [-0.05, 0) is 24.3 Å². The van der Waals surface area contributed by atoms with Crippen LogP contribution in [-0.4, -0.2) is 87.6 Å². The molecule has 180 valence electrons. The number of hydrazine groups is 1. The molecule has 2 fully saturated rings. The van der Waals surface area contributed by atoms with Crippen molar-refractivity contribution >= 4 is 23.8 Å². The smallest absolute Gasteiger partial charge is 0.334 e. The molecular formula is C23H33N5O5. The van der Waals surface area contributed by atoms with Crippen LogP contribution in [0.3, 0.4) is 0 Å². The lowest BCUT2D eigenvalue weighted by atomic mass is 10.0. The largest absolute Gasteiger partial charge is 0.481 e. The molecule has 0 saturated carbocycles. The number of rotatable bonds is 8. The number of urea groups is 1. The zero-order valence-corrected chi connectivity index (χ0v) is 19.4. The molecule has 1 unspecified atom stereocenters. The number of benzene rings is 1. The molecule has 3 rings (SSSR count). The van der Waals surface area contributed by atoms with E-state index in [0.29, 0.717) is 19.0 Å². The number of fused-ring (bicyclic) bond motifs is 1.